The molecule has 6 nitrogen and oxygen atoms in total. The van der Waals surface area contributed by atoms with E-state index in [1.54, 1.807) is 6.07 Å². The fourth-order valence-electron chi connectivity index (χ4n) is 1.46. The number of aliphatic carboxylic acids is 2. The molecule has 0 unspecified atom stereocenters. The number of benzene rings is 1. The van der Waals surface area contributed by atoms with Crippen molar-refractivity contribution in [3.8, 4) is 0 Å². The monoisotopic (exact) mass is 220 g/mol. The SMILES string of the molecule is O=C(O)C(C(=O)O)c1cccc2o[c]nc12. The number of hydrogen-bond acceptors (Lipinski definition) is 4. The highest BCUT2D eigenvalue weighted by Crippen LogP contribution is 2.24. The highest BCUT2D eigenvalue weighted by Gasteiger charge is 2.30. The zero-order valence-electron chi connectivity index (χ0n) is 7.88. The molecule has 2 aromatic rings. The van der Waals surface area contributed by atoms with Crippen molar-refractivity contribution in [1.82, 2.24) is 4.98 Å². The molecule has 16 heavy (non-hydrogen) atoms. The van der Waals surface area contributed by atoms with Crippen LogP contribution >= 0.6 is 0 Å². The normalized spacial score (nSPS) is 10.8. The molecule has 1 heterocycles. The first kappa shape index (κ1) is 10.2. The minimum absolute atomic E-state index is 0.0856. The summed E-state index contributed by atoms with van der Waals surface area (Å²) in [6.07, 6.45) is 2.20. The summed E-state index contributed by atoms with van der Waals surface area (Å²) in [5.74, 6) is -4.53. The third-order valence-corrected chi connectivity index (χ3v) is 2.15. The summed E-state index contributed by atoms with van der Waals surface area (Å²) < 4.78 is 4.85. The van der Waals surface area contributed by atoms with Gasteiger partial charge in [0.15, 0.2) is 11.5 Å². The number of rotatable bonds is 3. The van der Waals surface area contributed by atoms with Gasteiger partial charge in [-0.05, 0) is 6.07 Å². The summed E-state index contributed by atoms with van der Waals surface area (Å²) in [7, 11) is 0. The first-order chi connectivity index (χ1) is 7.61. The van der Waals surface area contributed by atoms with Crippen molar-refractivity contribution < 1.29 is 24.2 Å². The molecule has 0 bridgehead atoms. The van der Waals surface area contributed by atoms with Gasteiger partial charge in [-0.3, -0.25) is 9.59 Å². The molecule has 0 atom stereocenters. The Balaban J connectivity index is 2.65. The molecule has 0 aliphatic carbocycles. The molecule has 0 amide bonds. The lowest BCUT2D eigenvalue weighted by Crippen LogP contribution is -2.21. The van der Waals surface area contributed by atoms with Gasteiger partial charge < -0.3 is 14.6 Å². The van der Waals surface area contributed by atoms with Gasteiger partial charge in [0.05, 0.1) is 0 Å². The molecule has 1 aromatic heterocycles. The third kappa shape index (κ3) is 1.50. The van der Waals surface area contributed by atoms with E-state index in [2.05, 4.69) is 11.4 Å². The van der Waals surface area contributed by atoms with Crippen LogP contribution in [0, 0.1) is 6.39 Å². The van der Waals surface area contributed by atoms with E-state index in [-0.39, 0.29) is 11.1 Å². The van der Waals surface area contributed by atoms with Crippen LogP contribution in [-0.4, -0.2) is 27.1 Å². The van der Waals surface area contributed by atoms with Crippen LogP contribution < -0.4 is 0 Å². The van der Waals surface area contributed by atoms with E-state index in [9.17, 15) is 9.59 Å². The standard InChI is InChI=1S/C10H6NO5/c12-9(13)7(10(14)15)5-2-1-3-6-8(5)11-4-16-6/h1-3,7H,(H,12,13)(H,14,15). The van der Waals surface area contributed by atoms with Gasteiger partial charge in [0.25, 0.3) is 6.39 Å². The van der Waals surface area contributed by atoms with Gasteiger partial charge in [0.2, 0.25) is 0 Å². The van der Waals surface area contributed by atoms with E-state index in [0.717, 1.165) is 0 Å². The highest BCUT2D eigenvalue weighted by atomic mass is 16.4. The summed E-state index contributed by atoms with van der Waals surface area (Å²) in [5, 5.41) is 17.7. The van der Waals surface area contributed by atoms with Crippen molar-refractivity contribution in [2.24, 2.45) is 0 Å². The molecule has 0 saturated heterocycles. The van der Waals surface area contributed by atoms with Crippen LogP contribution in [0.3, 0.4) is 0 Å². The lowest BCUT2D eigenvalue weighted by molar-refractivity contribution is -0.149. The minimum Gasteiger partial charge on any atom is -0.480 e. The number of nitrogens with zero attached hydrogens (tertiary/aromatic N) is 1. The van der Waals surface area contributed by atoms with E-state index >= 15 is 0 Å². The molecule has 2 rings (SSSR count). The van der Waals surface area contributed by atoms with Crippen molar-refractivity contribution in [3.05, 3.63) is 30.2 Å². The van der Waals surface area contributed by atoms with Crippen LogP contribution in [0.1, 0.15) is 11.5 Å². The fourth-order valence-corrected chi connectivity index (χ4v) is 1.46. The van der Waals surface area contributed by atoms with Crippen LogP contribution in [0.4, 0.5) is 0 Å². The molecular formula is C10H6NO5. The van der Waals surface area contributed by atoms with E-state index < -0.39 is 17.9 Å². The smallest absolute Gasteiger partial charge is 0.322 e. The number of carboxylic acids is 2. The Hall–Kier alpha value is -2.37. The Morgan fingerprint density at radius 2 is 2.00 bits per heavy atom. The van der Waals surface area contributed by atoms with Crippen LogP contribution in [0.15, 0.2) is 22.6 Å². The fraction of sp³-hybridized carbons (Fsp3) is 0.100. The Labute approximate surface area is 89.1 Å². The van der Waals surface area contributed by atoms with Gasteiger partial charge in [-0.25, -0.2) is 4.98 Å². The van der Waals surface area contributed by atoms with Crippen LogP contribution in [0.2, 0.25) is 0 Å². The quantitative estimate of drug-likeness (QED) is 0.744. The number of hydrogen-bond donors (Lipinski definition) is 2. The molecule has 81 valence electrons. The lowest BCUT2D eigenvalue weighted by atomic mass is 9.98. The topological polar surface area (TPSA) is 101 Å². The van der Waals surface area contributed by atoms with Gasteiger partial charge in [-0.2, -0.15) is 0 Å². The van der Waals surface area contributed by atoms with Gasteiger partial charge in [0, 0.05) is 5.56 Å². The largest absolute Gasteiger partial charge is 0.480 e. The maximum Gasteiger partial charge on any atom is 0.322 e. The number of oxazole rings is 1. The van der Waals surface area contributed by atoms with Crippen LogP contribution in [0.25, 0.3) is 11.1 Å². The summed E-state index contributed by atoms with van der Waals surface area (Å²) in [5.41, 5.74) is 0.602. The first-order valence-corrected chi connectivity index (χ1v) is 4.32. The zero-order chi connectivity index (χ0) is 11.7. The summed E-state index contributed by atoms with van der Waals surface area (Å²) in [4.78, 5) is 25.4. The van der Waals surface area contributed by atoms with Crippen molar-refractivity contribution in [1.29, 1.82) is 0 Å². The molecule has 0 fully saturated rings. The third-order valence-electron chi connectivity index (χ3n) is 2.15. The summed E-state index contributed by atoms with van der Waals surface area (Å²) in [6, 6.07) is 4.46. The Morgan fingerprint density at radius 3 is 2.62 bits per heavy atom. The lowest BCUT2D eigenvalue weighted by Gasteiger charge is -2.07. The second-order valence-corrected chi connectivity index (χ2v) is 3.11. The molecule has 1 radical (unpaired) electrons. The zero-order valence-corrected chi connectivity index (χ0v) is 7.88. The summed E-state index contributed by atoms with van der Waals surface area (Å²) >= 11 is 0. The molecular weight excluding hydrogens is 214 g/mol. The van der Waals surface area contributed by atoms with Gasteiger partial charge >= 0.3 is 11.9 Å². The molecule has 0 saturated carbocycles. The molecule has 0 spiro atoms. The Morgan fingerprint density at radius 1 is 1.31 bits per heavy atom. The average molecular weight is 220 g/mol. The van der Waals surface area contributed by atoms with Crippen molar-refractivity contribution in [3.63, 3.8) is 0 Å². The predicted octanol–water partition coefficient (Wildman–Crippen LogP) is 0.881. The van der Waals surface area contributed by atoms with Crippen LogP contribution in [-0.2, 0) is 9.59 Å². The number of fused-ring (bicyclic) bond motifs is 1. The second-order valence-electron chi connectivity index (χ2n) is 3.11. The molecule has 0 aliphatic heterocycles. The Kier molecular flexibility index (Phi) is 2.32. The number of para-hydroxylation sites is 1. The van der Waals surface area contributed by atoms with E-state index in [0.29, 0.717) is 5.58 Å². The molecule has 1 aromatic carbocycles. The van der Waals surface area contributed by atoms with Gasteiger partial charge in [-0.1, -0.05) is 12.1 Å². The van der Waals surface area contributed by atoms with Gasteiger partial charge in [-0.15, -0.1) is 0 Å². The number of carbonyl (C=O) groups is 2. The second kappa shape index (κ2) is 3.65. The predicted molar refractivity (Wildman–Crippen MR) is 50.9 cm³/mol. The maximum absolute atomic E-state index is 10.9. The van der Waals surface area contributed by atoms with Gasteiger partial charge in [0.1, 0.15) is 5.52 Å². The molecule has 2 N–H and O–H groups in total. The average Bonchev–Trinajstić information content (AvgIpc) is 2.65. The van der Waals surface area contributed by atoms with E-state index in [4.69, 9.17) is 14.6 Å². The van der Waals surface area contributed by atoms with Crippen molar-refractivity contribution >= 4 is 23.0 Å². The van der Waals surface area contributed by atoms with Crippen molar-refractivity contribution in [2.75, 3.05) is 0 Å². The number of aromatic nitrogens is 1. The number of carboxylic acid groups (broad SMARTS) is 2. The van der Waals surface area contributed by atoms with Crippen LogP contribution in [0.5, 0.6) is 0 Å². The van der Waals surface area contributed by atoms with Crippen molar-refractivity contribution in [2.45, 2.75) is 5.92 Å². The Bertz CT molecular complexity index is 545. The first-order valence-electron chi connectivity index (χ1n) is 4.32. The maximum atomic E-state index is 10.9. The minimum atomic E-state index is -1.65. The van der Waals surface area contributed by atoms with E-state index in [1.165, 1.54) is 12.1 Å². The molecule has 0 aliphatic rings. The van der Waals surface area contributed by atoms with E-state index in [1.807, 2.05) is 0 Å². The highest BCUT2D eigenvalue weighted by molar-refractivity contribution is 6.02. The summed E-state index contributed by atoms with van der Waals surface area (Å²) in [6.45, 7) is 0. The molecule has 6 heteroatoms.